The minimum atomic E-state index is -3.05. The van der Waals surface area contributed by atoms with Crippen LogP contribution in [0.25, 0.3) is 0 Å². The monoisotopic (exact) mass is 348 g/mol. The van der Waals surface area contributed by atoms with Crippen molar-refractivity contribution < 1.29 is 8.42 Å². The number of aromatic nitrogens is 1. The molecule has 1 heterocycles. The average Bonchev–Trinajstić information content (AvgIpc) is 2.86. The smallest absolute Gasteiger partial charge is 0.153 e. The largest absolute Gasteiger partial charge is 0.282 e. The van der Waals surface area contributed by atoms with Crippen LogP contribution in [0.5, 0.6) is 0 Å². The number of hydrogen-bond acceptors (Lipinski definition) is 5. The summed E-state index contributed by atoms with van der Waals surface area (Å²) in [7, 11) is -3.05. The Hall–Kier alpha value is -1.68. The minimum Gasteiger partial charge on any atom is -0.282 e. The number of terminal acetylenes is 1. The maximum atomic E-state index is 11.3. The molecule has 2 aromatic rings. The molecule has 0 N–H and O–H groups in total. The van der Waals surface area contributed by atoms with E-state index in [-0.39, 0.29) is 5.75 Å². The van der Waals surface area contributed by atoms with Crippen molar-refractivity contribution in [3.8, 4) is 12.3 Å². The molecule has 0 aliphatic rings. The summed E-state index contributed by atoms with van der Waals surface area (Å²) in [6.45, 7) is 3.93. The summed E-state index contributed by atoms with van der Waals surface area (Å²) in [4.78, 5) is 6.52. The van der Waals surface area contributed by atoms with Crippen LogP contribution in [0, 0.1) is 19.3 Å². The summed E-state index contributed by atoms with van der Waals surface area (Å²) in [5, 5.41) is 2.53. The van der Waals surface area contributed by atoms with E-state index in [9.17, 15) is 8.42 Å². The first-order chi connectivity index (χ1) is 10.9. The fourth-order valence-electron chi connectivity index (χ4n) is 2.19. The quantitative estimate of drug-likeness (QED) is 0.722. The molecule has 0 spiro atoms. The Morgan fingerprint density at radius 1 is 1.26 bits per heavy atom. The van der Waals surface area contributed by atoms with Crippen LogP contribution in [0.15, 0.2) is 29.6 Å². The molecule has 0 saturated carbocycles. The number of benzene rings is 1. The van der Waals surface area contributed by atoms with Gasteiger partial charge in [0.05, 0.1) is 12.2 Å². The molecule has 6 heteroatoms. The van der Waals surface area contributed by atoms with E-state index in [0.717, 1.165) is 12.2 Å². The van der Waals surface area contributed by atoms with E-state index >= 15 is 0 Å². The summed E-state index contributed by atoms with van der Waals surface area (Å²) in [5.74, 6) is 2.66. The first kappa shape index (κ1) is 17.7. The molecule has 0 amide bonds. The standard InChI is InChI=1S/C17H20N2O2S2/c1-4-9-19(10-15-7-5-14(2)6-8-15)11-16-12-22-17(18-16)13-23(3,20)21/h1,5-8,12H,9-11,13H2,2-3H3. The Balaban J connectivity index is 2.04. The molecule has 1 aromatic heterocycles. The maximum Gasteiger partial charge on any atom is 0.153 e. The van der Waals surface area contributed by atoms with Crippen molar-refractivity contribution in [2.24, 2.45) is 0 Å². The molecule has 0 aliphatic carbocycles. The number of nitrogens with zero attached hydrogens (tertiary/aromatic N) is 2. The molecule has 0 aliphatic heterocycles. The molecule has 0 radical (unpaired) electrons. The van der Waals surface area contributed by atoms with Gasteiger partial charge in [0.25, 0.3) is 0 Å². The van der Waals surface area contributed by atoms with Crippen LogP contribution in [-0.4, -0.2) is 31.1 Å². The summed E-state index contributed by atoms with van der Waals surface area (Å²) in [5.41, 5.74) is 3.27. The van der Waals surface area contributed by atoms with E-state index < -0.39 is 9.84 Å². The van der Waals surface area contributed by atoms with Gasteiger partial charge in [-0.05, 0) is 12.5 Å². The summed E-state index contributed by atoms with van der Waals surface area (Å²) < 4.78 is 22.7. The predicted molar refractivity (Wildman–Crippen MR) is 94.8 cm³/mol. The van der Waals surface area contributed by atoms with Gasteiger partial charge in [0.1, 0.15) is 10.8 Å². The van der Waals surface area contributed by atoms with E-state index in [4.69, 9.17) is 6.42 Å². The van der Waals surface area contributed by atoms with Crippen LogP contribution in [0.4, 0.5) is 0 Å². The highest BCUT2D eigenvalue weighted by Gasteiger charge is 2.12. The lowest BCUT2D eigenvalue weighted by molar-refractivity contribution is 0.287. The van der Waals surface area contributed by atoms with Crippen molar-refractivity contribution in [1.82, 2.24) is 9.88 Å². The van der Waals surface area contributed by atoms with Gasteiger partial charge in [-0.15, -0.1) is 17.8 Å². The molecule has 2 rings (SSSR count). The Kier molecular flexibility index (Phi) is 5.94. The lowest BCUT2D eigenvalue weighted by Gasteiger charge is -2.18. The minimum absolute atomic E-state index is 0.00916. The van der Waals surface area contributed by atoms with Gasteiger partial charge >= 0.3 is 0 Å². The third-order valence-electron chi connectivity index (χ3n) is 3.21. The van der Waals surface area contributed by atoms with E-state index in [1.807, 2.05) is 5.38 Å². The van der Waals surface area contributed by atoms with Crippen LogP contribution < -0.4 is 0 Å². The van der Waals surface area contributed by atoms with Crippen LogP contribution >= 0.6 is 11.3 Å². The van der Waals surface area contributed by atoms with Crippen molar-refractivity contribution >= 4 is 21.2 Å². The van der Waals surface area contributed by atoms with Gasteiger partial charge in [-0.2, -0.15) is 0 Å². The predicted octanol–water partition coefficient (Wildman–Crippen LogP) is 2.63. The van der Waals surface area contributed by atoms with Crippen LogP contribution in [0.2, 0.25) is 0 Å². The fraction of sp³-hybridized carbons (Fsp3) is 0.353. The molecule has 0 unspecified atom stereocenters. The molecule has 0 atom stereocenters. The molecular weight excluding hydrogens is 328 g/mol. The Labute approximate surface area is 142 Å². The number of thiazole rings is 1. The lowest BCUT2D eigenvalue weighted by atomic mass is 10.1. The van der Waals surface area contributed by atoms with Crippen molar-refractivity contribution in [2.45, 2.75) is 25.8 Å². The molecule has 4 nitrogen and oxygen atoms in total. The number of hydrogen-bond donors (Lipinski definition) is 0. The summed E-state index contributed by atoms with van der Waals surface area (Å²) >= 11 is 1.38. The Morgan fingerprint density at radius 2 is 1.96 bits per heavy atom. The normalized spacial score (nSPS) is 11.6. The zero-order valence-electron chi connectivity index (χ0n) is 13.3. The van der Waals surface area contributed by atoms with E-state index in [1.165, 1.54) is 28.7 Å². The van der Waals surface area contributed by atoms with Gasteiger partial charge in [0.15, 0.2) is 9.84 Å². The van der Waals surface area contributed by atoms with Crippen molar-refractivity contribution in [3.05, 3.63) is 51.5 Å². The zero-order chi connectivity index (χ0) is 16.9. The van der Waals surface area contributed by atoms with Gasteiger partial charge in [-0.1, -0.05) is 35.7 Å². The van der Waals surface area contributed by atoms with Gasteiger partial charge in [-0.25, -0.2) is 13.4 Å². The van der Waals surface area contributed by atoms with Crippen LogP contribution in [0.3, 0.4) is 0 Å². The van der Waals surface area contributed by atoms with Crippen molar-refractivity contribution in [1.29, 1.82) is 0 Å². The Bertz CT molecular complexity index is 787. The SMILES string of the molecule is C#CCN(Cc1ccc(C)cc1)Cc1csc(CS(C)(=O)=O)n1. The molecular formula is C17H20N2O2S2. The lowest BCUT2D eigenvalue weighted by Crippen LogP contribution is -2.23. The number of sulfone groups is 1. The van der Waals surface area contributed by atoms with Crippen molar-refractivity contribution in [3.63, 3.8) is 0 Å². The fourth-order valence-corrected chi connectivity index (χ4v) is 4.19. The zero-order valence-corrected chi connectivity index (χ0v) is 15.0. The van der Waals surface area contributed by atoms with E-state index in [2.05, 4.69) is 47.0 Å². The molecule has 0 bridgehead atoms. The molecule has 122 valence electrons. The highest BCUT2D eigenvalue weighted by atomic mass is 32.2. The maximum absolute atomic E-state index is 11.3. The highest BCUT2D eigenvalue weighted by molar-refractivity contribution is 7.90. The molecule has 0 fully saturated rings. The number of aryl methyl sites for hydroxylation is 1. The molecule has 0 saturated heterocycles. The van der Waals surface area contributed by atoms with Gasteiger partial charge in [0.2, 0.25) is 0 Å². The molecule has 23 heavy (non-hydrogen) atoms. The van der Waals surface area contributed by atoms with E-state index in [1.54, 1.807) is 0 Å². The second kappa shape index (κ2) is 7.73. The van der Waals surface area contributed by atoms with Crippen LogP contribution in [-0.2, 0) is 28.7 Å². The third-order valence-corrected chi connectivity index (χ3v) is 5.09. The number of rotatable bonds is 7. The average molecular weight is 348 g/mol. The van der Waals surface area contributed by atoms with Crippen molar-refractivity contribution in [2.75, 3.05) is 12.8 Å². The first-order valence-corrected chi connectivity index (χ1v) is 10.1. The van der Waals surface area contributed by atoms with Gasteiger partial charge in [0, 0.05) is 24.7 Å². The van der Waals surface area contributed by atoms with E-state index in [0.29, 0.717) is 18.1 Å². The topological polar surface area (TPSA) is 50.3 Å². The molecule has 1 aromatic carbocycles. The van der Waals surface area contributed by atoms with Gasteiger partial charge < -0.3 is 0 Å². The Morgan fingerprint density at radius 3 is 2.57 bits per heavy atom. The third kappa shape index (κ3) is 6.14. The second-order valence-corrected chi connectivity index (χ2v) is 8.72. The first-order valence-electron chi connectivity index (χ1n) is 7.18. The summed E-state index contributed by atoms with van der Waals surface area (Å²) in [6.07, 6.45) is 6.68. The van der Waals surface area contributed by atoms with Crippen LogP contribution in [0.1, 0.15) is 21.8 Å². The summed E-state index contributed by atoms with van der Waals surface area (Å²) in [6, 6.07) is 8.34. The van der Waals surface area contributed by atoms with Gasteiger partial charge in [-0.3, -0.25) is 4.90 Å². The highest BCUT2D eigenvalue weighted by Crippen LogP contribution is 2.16. The second-order valence-electron chi connectivity index (χ2n) is 5.64.